The molecule has 2 unspecified atom stereocenters. The van der Waals surface area contributed by atoms with Crippen LogP contribution in [0.3, 0.4) is 0 Å². The summed E-state index contributed by atoms with van der Waals surface area (Å²) in [4.78, 5) is 16.5. The van der Waals surface area contributed by atoms with Crippen LogP contribution in [0.1, 0.15) is 33.1 Å². The van der Waals surface area contributed by atoms with Gasteiger partial charge in [0.15, 0.2) is 0 Å². The molecule has 4 nitrogen and oxygen atoms in total. The highest BCUT2D eigenvalue weighted by Gasteiger charge is 2.56. The average molecular weight is 238 g/mol. The lowest BCUT2D eigenvalue weighted by molar-refractivity contribution is -0.133. The third-order valence-corrected chi connectivity index (χ3v) is 4.80. The van der Waals surface area contributed by atoms with Gasteiger partial charge in [0.25, 0.3) is 0 Å². The Labute approximate surface area is 103 Å². The fourth-order valence-electron chi connectivity index (χ4n) is 3.42. The number of amides is 1. The van der Waals surface area contributed by atoms with Crippen molar-refractivity contribution in [3.05, 3.63) is 0 Å². The lowest BCUT2D eigenvalue weighted by atomic mass is 10.0. The van der Waals surface area contributed by atoms with E-state index in [1.54, 1.807) is 0 Å². The van der Waals surface area contributed by atoms with E-state index in [4.69, 9.17) is 0 Å². The van der Waals surface area contributed by atoms with Gasteiger partial charge >= 0.3 is 0 Å². The number of nitrogens with zero attached hydrogens (tertiary/aromatic N) is 2. The molecule has 2 heterocycles. The molecule has 3 rings (SSSR count). The van der Waals surface area contributed by atoms with Crippen LogP contribution >= 0.6 is 0 Å². The van der Waals surface area contributed by atoms with Crippen LogP contribution in [-0.2, 0) is 4.79 Å². The van der Waals surface area contributed by atoms with Crippen LogP contribution in [0.5, 0.6) is 0 Å². The van der Waals surface area contributed by atoms with Crippen molar-refractivity contribution in [1.29, 1.82) is 0 Å². The molecule has 96 valence electrons. The number of hydrogen-bond acceptors (Lipinski definition) is 3. The first-order valence-corrected chi connectivity index (χ1v) is 6.76. The lowest BCUT2D eigenvalue weighted by Crippen LogP contribution is -2.43. The zero-order chi connectivity index (χ0) is 12.2. The van der Waals surface area contributed by atoms with Crippen molar-refractivity contribution >= 4 is 5.91 Å². The topological polar surface area (TPSA) is 43.8 Å². The second-order valence-electron chi connectivity index (χ2n) is 6.24. The summed E-state index contributed by atoms with van der Waals surface area (Å²) in [6.07, 6.45) is 3.00. The number of rotatable bonds is 2. The Morgan fingerprint density at radius 1 is 1.41 bits per heavy atom. The molecule has 1 spiro atoms. The van der Waals surface area contributed by atoms with Crippen LogP contribution in [-0.4, -0.2) is 58.6 Å². The number of aliphatic hydroxyl groups is 1. The standard InChI is InChI=1S/C13H22N2O2/c1-9(2)15-6-3-10(12(15)17)14-7-11(16)13(8-14)4-5-13/h9-11,16H,3-8H2,1-2H3. The summed E-state index contributed by atoms with van der Waals surface area (Å²) in [6, 6.07) is 0.335. The first kappa shape index (κ1) is 11.5. The number of likely N-dealkylation sites (tertiary alicyclic amines) is 2. The van der Waals surface area contributed by atoms with Gasteiger partial charge in [-0.15, -0.1) is 0 Å². The summed E-state index contributed by atoms with van der Waals surface area (Å²) in [5.41, 5.74) is 0.158. The summed E-state index contributed by atoms with van der Waals surface area (Å²) in [5, 5.41) is 10.0. The van der Waals surface area contributed by atoms with E-state index >= 15 is 0 Å². The Balaban J connectivity index is 1.69. The van der Waals surface area contributed by atoms with Crippen molar-refractivity contribution in [2.45, 2.75) is 51.3 Å². The van der Waals surface area contributed by atoms with E-state index in [2.05, 4.69) is 18.7 Å². The molecule has 1 amide bonds. The summed E-state index contributed by atoms with van der Waals surface area (Å²) in [7, 11) is 0. The van der Waals surface area contributed by atoms with Crippen molar-refractivity contribution < 1.29 is 9.90 Å². The molecule has 1 N–H and O–H groups in total. The molecule has 2 aliphatic heterocycles. The molecule has 0 radical (unpaired) electrons. The minimum Gasteiger partial charge on any atom is -0.391 e. The largest absolute Gasteiger partial charge is 0.391 e. The SMILES string of the molecule is CC(C)N1CCC(N2CC(O)C3(CC3)C2)C1=O. The molecule has 3 fully saturated rings. The summed E-state index contributed by atoms with van der Waals surface area (Å²) in [5.74, 6) is 0.268. The minimum absolute atomic E-state index is 0.0343. The first-order valence-electron chi connectivity index (χ1n) is 6.76. The van der Waals surface area contributed by atoms with Crippen LogP contribution in [0.25, 0.3) is 0 Å². The van der Waals surface area contributed by atoms with Crippen molar-refractivity contribution in [3.63, 3.8) is 0 Å². The van der Waals surface area contributed by atoms with Crippen LogP contribution < -0.4 is 0 Å². The molecular formula is C13H22N2O2. The summed E-state index contributed by atoms with van der Waals surface area (Å²) < 4.78 is 0. The zero-order valence-electron chi connectivity index (χ0n) is 10.7. The fourth-order valence-corrected chi connectivity index (χ4v) is 3.42. The predicted octanol–water partition coefficient (Wildman–Crippen LogP) is 0.452. The number of carbonyl (C=O) groups excluding carboxylic acids is 1. The van der Waals surface area contributed by atoms with E-state index in [0.29, 0.717) is 12.6 Å². The Bertz CT molecular complexity index is 338. The maximum atomic E-state index is 12.3. The third-order valence-electron chi connectivity index (χ3n) is 4.80. The van der Waals surface area contributed by atoms with Crippen LogP contribution in [0, 0.1) is 5.41 Å². The van der Waals surface area contributed by atoms with Gasteiger partial charge in [0.1, 0.15) is 0 Å². The van der Waals surface area contributed by atoms with E-state index in [1.807, 2.05) is 4.90 Å². The predicted molar refractivity (Wildman–Crippen MR) is 64.5 cm³/mol. The molecule has 0 aromatic carbocycles. The molecule has 0 aromatic heterocycles. The van der Waals surface area contributed by atoms with Crippen LogP contribution in [0.2, 0.25) is 0 Å². The second kappa shape index (κ2) is 3.69. The van der Waals surface area contributed by atoms with Gasteiger partial charge < -0.3 is 10.0 Å². The molecule has 4 heteroatoms. The monoisotopic (exact) mass is 238 g/mol. The van der Waals surface area contributed by atoms with E-state index < -0.39 is 0 Å². The number of aliphatic hydroxyl groups excluding tert-OH is 1. The fraction of sp³-hybridized carbons (Fsp3) is 0.923. The van der Waals surface area contributed by atoms with E-state index in [9.17, 15) is 9.90 Å². The molecule has 1 aliphatic carbocycles. The highest BCUT2D eigenvalue weighted by atomic mass is 16.3. The third kappa shape index (κ3) is 1.69. The van der Waals surface area contributed by atoms with Gasteiger partial charge in [-0.1, -0.05) is 0 Å². The Morgan fingerprint density at radius 3 is 2.59 bits per heavy atom. The van der Waals surface area contributed by atoms with Crippen molar-refractivity contribution in [3.8, 4) is 0 Å². The molecule has 2 saturated heterocycles. The van der Waals surface area contributed by atoms with Crippen molar-refractivity contribution in [1.82, 2.24) is 9.80 Å². The summed E-state index contributed by atoms with van der Waals surface area (Å²) in [6.45, 7) is 6.64. The molecule has 1 saturated carbocycles. The lowest BCUT2D eigenvalue weighted by Gasteiger charge is -2.25. The van der Waals surface area contributed by atoms with Gasteiger partial charge in [0.05, 0.1) is 12.1 Å². The molecule has 17 heavy (non-hydrogen) atoms. The maximum absolute atomic E-state index is 12.3. The van der Waals surface area contributed by atoms with Crippen molar-refractivity contribution in [2.75, 3.05) is 19.6 Å². The maximum Gasteiger partial charge on any atom is 0.240 e. The number of carbonyl (C=O) groups is 1. The smallest absolute Gasteiger partial charge is 0.240 e. The number of β-amino-alcohol motifs (C(OH)–C–C–N with tert-alkyl or cyclic N) is 1. The normalized spacial score (nSPS) is 36.5. The molecule has 0 bridgehead atoms. The Morgan fingerprint density at radius 2 is 2.12 bits per heavy atom. The van der Waals surface area contributed by atoms with Gasteiger partial charge in [0.2, 0.25) is 5.91 Å². The highest BCUT2D eigenvalue weighted by Crippen LogP contribution is 2.53. The van der Waals surface area contributed by atoms with Gasteiger partial charge in [-0.25, -0.2) is 0 Å². The minimum atomic E-state index is -0.205. The summed E-state index contributed by atoms with van der Waals surface area (Å²) >= 11 is 0. The molecule has 0 aromatic rings. The molecule has 3 aliphatic rings. The van der Waals surface area contributed by atoms with Gasteiger partial charge in [0, 0.05) is 31.1 Å². The van der Waals surface area contributed by atoms with Crippen molar-refractivity contribution in [2.24, 2.45) is 5.41 Å². The van der Waals surface area contributed by atoms with Crippen LogP contribution in [0.15, 0.2) is 0 Å². The van der Waals surface area contributed by atoms with Gasteiger partial charge in [-0.3, -0.25) is 9.69 Å². The van der Waals surface area contributed by atoms with E-state index in [0.717, 1.165) is 32.4 Å². The van der Waals surface area contributed by atoms with E-state index in [1.165, 1.54) is 0 Å². The Kier molecular flexibility index (Phi) is 2.49. The zero-order valence-corrected chi connectivity index (χ0v) is 10.7. The van der Waals surface area contributed by atoms with Crippen LogP contribution in [0.4, 0.5) is 0 Å². The average Bonchev–Trinajstić information content (AvgIpc) is 2.82. The quantitative estimate of drug-likeness (QED) is 0.760. The van der Waals surface area contributed by atoms with Gasteiger partial charge in [-0.2, -0.15) is 0 Å². The first-order chi connectivity index (χ1) is 8.03. The highest BCUT2D eigenvalue weighted by molar-refractivity contribution is 5.84. The molecule has 2 atom stereocenters. The van der Waals surface area contributed by atoms with E-state index in [-0.39, 0.29) is 23.5 Å². The number of hydrogen-bond donors (Lipinski definition) is 1. The van der Waals surface area contributed by atoms with Gasteiger partial charge in [-0.05, 0) is 33.1 Å². The molecular weight excluding hydrogens is 216 g/mol. The second-order valence-corrected chi connectivity index (χ2v) is 6.24. The Hall–Kier alpha value is -0.610.